The molecule has 1 amide bonds. The van der Waals surface area contributed by atoms with Gasteiger partial charge in [0.15, 0.2) is 0 Å². The van der Waals surface area contributed by atoms with E-state index in [0.29, 0.717) is 18.1 Å². The van der Waals surface area contributed by atoms with Gasteiger partial charge in [0.25, 0.3) is 5.91 Å². The molecule has 1 unspecified atom stereocenters. The Morgan fingerprint density at radius 1 is 1.43 bits per heavy atom. The molecule has 1 atom stereocenters. The maximum atomic E-state index is 12.1. The van der Waals surface area contributed by atoms with Crippen LogP contribution in [0.2, 0.25) is 0 Å². The van der Waals surface area contributed by atoms with Crippen molar-refractivity contribution in [1.29, 1.82) is 0 Å². The minimum absolute atomic E-state index is 0.0135. The molecule has 4 nitrogen and oxygen atoms in total. The van der Waals surface area contributed by atoms with Gasteiger partial charge < -0.3 is 10.1 Å². The third-order valence-electron chi connectivity index (χ3n) is 3.67. The van der Waals surface area contributed by atoms with Gasteiger partial charge in [-0.15, -0.1) is 11.3 Å². The number of rotatable bonds is 6. The highest BCUT2D eigenvalue weighted by Gasteiger charge is 2.28. The summed E-state index contributed by atoms with van der Waals surface area (Å²) in [4.78, 5) is 16.2. The number of benzene rings is 1. The Balaban J connectivity index is 1.54. The summed E-state index contributed by atoms with van der Waals surface area (Å²) in [6, 6.07) is 7.50. The Labute approximate surface area is 128 Å². The Morgan fingerprint density at radius 3 is 2.81 bits per heavy atom. The van der Waals surface area contributed by atoms with Crippen LogP contribution in [-0.2, 0) is 6.61 Å². The van der Waals surface area contributed by atoms with Crippen LogP contribution in [-0.4, -0.2) is 16.9 Å². The van der Waals surface area contributed by atoms with Gasteiger partial charge in [0, 0.05) is 17.0 Å². The first-order valence-corrected chi connectivity index (χ1v) is 8.07. The average Bonchev–Trinajstić information content (AvgIpc) is 3.23. The van der Waals surface area contributed by atoms with Crippen molar-refractivity contribution >= 4 is 17.2 Å². The molecule has 1 heterocycles. The number of amides is 1. The van der Waals surface area contributed by atoms with E-state index in [1.807, 2.05) is 17.5 Å². The quantitative estimate of drug-likeness (QED) is 0.891. The molecular weight excluding hydrogens is 284 g/mol. The van der Waals surface area contributed by atoms with Crippen LogP contribution in [0.25, 0.3) is 0 Å². The molecule has 21 heavy (non-hydrogen) atoms. The summed E-state index contributed by atoms with van der Waals surface area (Å²) in [5.74, 6) is 1.39. The average molecular weight is 302 g/mol. The summed E-state index contributed by atoms with van der Waals surface area (Å²) < 4.78 is 5.63. The molecule has 1 aliphatic rings. The molecule has 1 fully saturated rings. The molecule has 0 saturated heterocycles. The molecule has 5 heteroatoms. The summed E-state index contributed by atoms with van der Waals surface area (Å²) in [6.07, 6.45) is 2.45. The minimum atomic E-state index is -0.0135. The molecular formula is C16H18N2O2S. The first kappa shape index (κ1) is 14.1. The second-order valence-electron chi connectivity index (χ2n) is 5.39. The smallest absolute Gasteiger partial charge is 0.251 e. The SMILES string of the molecule is CC(NC(=O)c1ccc(OCc2cscn2)cc1)C1CC1. The highest BCUT2D eigenvalue weighted by atomic mass is 32.1. The molecule has 0 aliphatic heterocycles. The Kier molecular flexibility index (Phi) is 4.20. The number of nitrogens with zero attached hydrogens (tertiary/aromatic N) is 1. The van der Waals surface area contributed by atoms with Crippen LogP contribution in [0.4, 0.5) is 0 Å². The number of thiazole rings is 1. The first-order valence-electron chi connectivity index (χ1n) is 7.13. The normalized spacial score (nSPS) is 15.5. The van der Waals surface area contributed by atoms with Crippen LogP contribution in [0.3, 0.4) is 0 Å². The lowest BCUT2D eigenvalue weighted by Gasteiger charge is -2.13. The van der Waals surface area contributed by atoms with Crippen LogP contribution >= 0.6 is 11.3 Å². The van der Waals surface area contributed by atoms with Gasteiger partial charge in [-0.2, -0.15) is 0 Å². The van der Waals surface area contributed by atoms with E-state index in [1.54, 1.807) is 29.0 Å². The van der Waals surface area contributed by atoms with E-state index in [1.165, 1.54) is 12.8 Å². The Hall–Kier alpha value is -1.88. The van der Waals surface area contributed by atoms with E-state index in [4.69, 9.17) is 4.74 Å². The van der Waals surface area contributed by atoms with E-state index < -0.39 is 0 Å². The van der Waals surface area contributed by atoms with E-state index in [9.17, 15) is 4.79 Å². The minimum Gasteiger partial charge on any atom is -0.487 e. The topological polar surface area (TPSA) is 51.2 Å². The standard InChI is InChI=1S/C16H18N2O2S/c1-11(12-2-3-12)18-16(19)13-4-6-15(7-5-13)20-8-14-9-21-10-17-14/h4-7,9-12H,2-3,8H2,1H3,(H,18,19). The predicted octanol–water partition coefficient (Wildman–Crippen LogP) is 3.25. The summed E-state index contributed by atoms with van der Waals surface area (Å²) in [6.45, 7) is 2.52. The Morgan fingerprint density at radius 2 is 2.19 bits per heavy atom. The second kappa shape index (κ2) is 6.26. The Bertz CT molecular complexity index is 591. The monoisotopic (exact) mass is 302 g/mol. The number of carbonyl (C=O) groups is 1. The van der Waals surface area contributed by atoms with Crippen molar-refractivity contribution in [2.45, 2.75) is 32.4 Å². The van der Waals surface area contributed by atoms with Crippen molar-refractivity contribution in [1.82, 2.24) is 10.3 Å². The summed E-state index contributed by atoms with van der Waals surface area (Å²) in [5.41, 5.74) is 3.37. The third kappa shape index (κ3) is 3.82. The fourth-order valence-electron chi connectivity index (χ4n) is 2.17. The molecule has 1 saturated carbocycles. The van der Waals surface area contributed by atoms with Gasteiger partial charge >= 0.3 is 0 Å². The van der Waals surface area contributed by atoms with Gasteiger partial charge in [0.05, 0.1) is 11.2 Å². The van der Waals surface area contributed by atoms with Crippen molar-refractivity contribution in [2.24, 2.45) is 5.92 Å². The van der Waals surface area contributed by atoms with Crippen LogP contribution < -0.4 is 10.1 Å². The van der Waals surface area contributed by atoms with Crippen molar-refractivity contribution in [3.05, 3.63) is 46.4 Å². The number of nitrogens with one attached hydrogen (secondary N) is 1. The summed E-state index contributed by atoms with van der Waals surface area (Å²) in [5, 5.41) is 5.00. The number of hydrogen-bond acceptors (Lipinski definition) is 4. The molecule has 1 aliphatic carbocycles. The molecule has 1 aromatic carbocycles. The van der Waals surface area contributed by atoms with Gasteiger partial charge in [-0.1, -0.05) is 0 Å². The highest BCUT2D eigenvalue weighted by Crippen LogP contribution is 2.32. The van der Waals surface area contributed by atoms with E-state index in [-0.39, 0.29) is 11.9 Å². The largest absolute Gasteiger partial charge is 0.487 e. The lowest BCUT2D eigenvalue weighted by atomic mass is 10.1. The van der Waals surface area contributed by atoms with Crippen LogP contribution in [0.1, 0.15) is 35.8 Å². The zero-order chi connectivity index (χ0) is 14.7. The fourth-order valence-corrected chi connectivity index (χ4v) is 2.72. The molecule has 2 aromatic rings. The van der Waals surface area contributed by atoms with Crippen LogP contribution in [0, 0.1) is 5.92 Å². The number of ether oxygens (including phenoxy) is 1. The molecule has 0 radical (unpaired) electrons. The maximum absolute atomic E-state index is 12.1. The summed E-state index contributed by atoms with van der Waals surface area (Å²) >= 11 is 1.55. The van der Waals surface area contributed by atoms with Crippen molar-refractivity contribution in [3.63, 3.8) is 0 Å². The fraction of sp³-hybridized carbons (Fsp3) is 0.375. The summed E-state index contributed by atoms with van der Waals surface area (Å²) in [7, 11) is 0. The highest BCUT2D eigenvalue weighted by molar-refractivity contribution is 7.07. The molecule has 1 N–H and O–H groups in total. The molecule has 0 bridgehead atoms. The van der Waals surface area contributed by atoms with Crippen molar-refractivity contribution in [3.8, 4) is 5.75 Å². The van der Waals surface area contributed by atoms with Gasteiger partial charge in [-0.3, -0.25) is 4.79 Å². The van der Waals surface area contributed by atoms with Gasteiger partial charge in [0.1, 0.15) is 12.4 Å². The van der Waals surface area contributed by atoms with Gasteiger partial charge in [-0.05, 0) is 49.9 Å². The molecule has 1 aromatic heterocycles. The number of hydrogen-bond donors (Lipinski definition) is 1. The predicted molar refractivity (Wildman–Crippen MR) is 82.5 cm³/mol. The van der Waals surface area contributed by atoms with E-state index in [2.05, 4.69) is 17.2 Å². The lowest BCUT2D eigenvalue weighted by molar-refractivity contribution is 0.0936. The van der Waals surface area contributed by atoms with Crippen LogP contribution in [0.15, 0.2) is 35.2 Å². The van der Waals surface area contributed by atoms with Crippen molar-refractivity contribution in [2.75, 3.05) is 0 Å². The lowest BCUT2D eigenvalue weighted by Crippen LogP contribution is -2.33. The van der Waals surface area contributed by atoms with Crippen LogP contribution in [0.5, 0.6) is 5.75 Å². The maximum Gasteiger partial charge on any atom is 0.251 e. The molecule has 3 rings (SSSR count). The van der Waals surface area contributed by atoms with Gasteiger partial charge in [0.2, 0.25) is 0 Å². The van der Waals surface area contributed by atoms with E-state index >= 15 is 0 Å². The zero-order valence-corrected chi connectivity index (χ0v) is 12.7. The van der Waals surface area contributed by atoms with Crippen molar-refractivity contribution < 1.29 is 9.53 Å². The number of aromatic nitrogens is 1. The third-order valence-corrected chi connectivity index (χ3v) is 4.31. The second-order valence-corrected chi connectivity index (χ2v) is 6.11. The zero-order valence-electron chi connectivity index (χ0n) is 11.9. The van der Waals surface area contributed by atoms with E-state index in [0.717, 1.165) is 11.4 Å². The van der Waals surface area contributed by atoms with Gasteiger partial charge in [-0.25, -0.2) is 4.98 Å². The first-order chi connectivity index (χ1) is 10.2. The molecule has 110 valence electrons. The molecule has 0 spiro atoms. The number of carbonyl (C=O) groups excluding carboxylic acids is 1.